The summed E-state index contributed by atoms with van der Waals surface area (Å²) in [4.78, 5) is 11.9. The van der Waals surface area contributed by atoms with Crippen LogP contribution in [0.5, 0.6) is 0 Å². The molecule has 0 spiro atoms. The van der Waals surface area contributed by atoms with E-state index in [1.54, 1.807) is 4.68 Å². The molecule has 0 aliphatic carbocycles. The molecule has 0 saturated heterocycles. The lowest BCUT2D eigenvalue weighted by Gasteiger charge is -2.19. The van der Waals surface area contributed by atoms with Gasteiger partial charge in [0.25, 0.3) is 0 Å². The molecule has 0 bridgehead atoms. The average molecular weight is 251 g/mol. The molecule has 0 aliphatic heterocycles. The summed E-state index contributed by atoms with van der Waals surface area (Å²) in [5.41, 5.74) is 6.47. The molecule has 2 N–H and O–H groups in total. The number of carbonyl (C=O) groups excluding carboxylic acids is 1. The maximum atomic E-state index is 11.9. The second kappa shape index (κ2) is 7.31. The Bertz CT molecular complexity index is 371. The van der Waals surface area contributed by atoms with Gasteiger partial charge in [-0.25, -0.2) is 0 Å². The van der Waals surface area contributed by atoms with E-state index in [4.69, 9.17) is 5.73 Å². The first-order valence-corrected chi connectivity index (χ1v) is 6.73. The molecule has 1 heterocycles. The molecule has 0 aliphatic rings. The van der Waals surface area contributed by atoms with E-state index in [0.717, 1.165) is 18.5 Å². The minimum absolute atomic E-state index is 0.274. The molecule has 1 aromatic heterocycles. The Kier molecular flexibility index (Phi) is 6.05. The normalized spacial score (nSPS) is 12.9. The molecule has 1 rings (SSSR count). The Morgan fingerprint density at radius 3 is 2.67 bits per heavy atom. The van der Waals surface area contributed by atoms with Crippen LogP contribution in [0.4, 0.5) is 0 Å². The summed E-state index contributed by atoms with van der Waals surface area (Å²) in [6, 6.07) is 1.90. The molecule has 18 heavy (non-hydrogen) atoms. The number of carbonyl (C=O) groups is 1. The number of aryl methyl sites for hydroxylation is 1. The molecule has 4 heteroatoms. The maximum absolute atomic E-state index is 11.9. The standard InChI is InChI=1S/C14H25N3O/c1-11(2)12(6-8-15)4-5-14(18)10-13-7-9-17(3)16-13/h7,9,11-12H,4-6,8,10,15H2,1-3H3. The average Bonchev–Trinajstić information content (AvgIpc) is 2.69. The largest absolute Gasteiger partial charge is 0.330 e. The van der Waals surface area contributed by atoms with Gasteiger partial charge in [-0.15, -0.1) is 0 Å². The van der Waals surface area contributed by atoms with E-state index >= 15 is 0 Å². The molecule has 102 valence electrons. The highest BCUT2D eigenvalue weighted by atomic mass is 16.1. The van der Waals surface area contributed by atoms with Crippen molar-refractivity contribution < 1.29 is 4.79 Å². The third kappa shape index (κ3) is 5.00. The minimum Gasteiger partial charge on any atom is -0.330 e. The van der Waals surface area contributed by atoms with Crippen molar-refractivity contribution in [3.63, 3.8) is 0 Å². The van der Waals surface area contributed by atoms with Crippen LogP contribution in [0.15, 0.2) is 12.3 Å². The zero-order valence-electron chi connectivity index (χ0n) is 11.7. The molecule has 1 atom stereocenters. The molecule has 4 nitrogen and oxygen atoms in total. The zero-order chi connectivity index (χ0) is 13.5. The van der Waals surface area contributed by atoms with Crippen molar-refractivity contribution in [2.24, 2.45) is 24.6 Å². The van der Waals surface area contributed by atoms with E-state index in [9.17, 15) is 4.79 Å². The van der Waals surface area contributed by atoms with Crippen molar-refractivity contribution in [2.45, 2.75) is 39.5 Å². The summed E-state index contributed by atoms with van der Waals surface area (Å²) in [6.45, 7) is 5.10. The van der Waals surface area contributed by atoms with Gasteiger partial charge in [-0.2, -0.15) is 5.10 Å². The van der Waals surface area contributed by atoms with Crippen LogP contribution in [0.25, 0.3) is 0 Å². The predicted molar refractivity (Wildman–Crippen MR) is 73.2 cm³/mol. The number of ketones is 1. The Balaban J connectivity index is 2.35. The van der Waals surface area contributed by atoms with E-state index < -0.39 is 0 Å². The van der Waals surface area contributed by atoms with Crippen molar-refractivity contribution in [3.8, 4) is 0 Å². The van der Waals surface area contributed by atoms with Crippen LogP contribution in [-0.2, 0) is 18.3 Å². The van der Waals surface area contributed by atoms with Gasteiger partial charge in [0, 0.05) is 19.7 Å². The molecule has 1 aromatic rings. The van der Waals surface area contributed by atoms with E-state index in [0.29, 0.717) is 31.2 Å². The van der Waals surface area contributed by atoms with Gasteiger partial charge in [0.05, 0.1) is 12.1 Å². The van der Waals surface area contributed by atoms with Crippen molar-refractivity contribution in [2.75, 3.05) is 6.54 Å². The van der Waals surface area contributed by atoms with Crippen LogP contribution >= 0.6 is 0 Å². The van der Waals surface area contributed by atoms with Crippen molar-refractivity contribution in [3.05, 3.63) is 18.0 Å². The van der Waals surface area contributed by atoms with Gasteiger partial charge < -0.3 is 5.73 Å². The van der Waals surface area contributed by atoms with Crippen molar-refractivity contribution in [1.82, 2.24) is 9.78 Å². The maximum Gasteiger partial charge on any atom is 0.138 e. The molecule has 0 fully saturated rings. The molecule has 0 radical (unpaired) electrons. The van der Waals surface area contributed by atoms with E-state index in [2.05, 4.69) is 18.9 Å². The summed E-state index contributed by atoms with van der Waals surface area (Å²) < 4.78 is 1.73. The smallest absolute Gasteiger partial charge is 0.138 e. The summed E-state index contributed by atoms with van der Waals surface area (Å²) in [6.07, 6.45) is 4.91. The number of Topliss-reactive ketones (excluding diaryl/α,β-unsaturated/α-hetero) is 1. The van der Waals surface area contributed by atoms with Crippen LogP contribution < -0.4 is 5.73 Å². The molecular formula is C14H25N3O. The van der Waals surface area contributed by atoms with Gasteiger partial charge in [-0.3, -0.25) is 9.48 Å². The van der Waals surface area contributed by atoms with Crippen LogP contribution in [0.2, 0.25) is 0 Å². The molecule has 0 saturated carbocycles. The lowest BCUT2D eigenvalue weighted by Crippen LogP contribution is -2.16. The Morgan fingerprint density at radius 2 is 2.17 bits per heavy atom. The lowest BCUT2D eigenvalue weighted by atomic mass is 9.87. The van der Waals surface area contributed by atoms with E-state index in [-0.39, 0.29) is 5.78 Å². The third-order valence-corrected chi connectivity index (χ3v) is 3.42. The van der Waals surface area contributed by atoms with Crippen LogP contribution in [0.3, 0.4) is 0 Å². The summed E-state index contributed by atoms with van der Waals surface area (Å²) in [5, 5.41) is 4.23. The number of rotatable bonds is 8. The highest BCUT2D eigenvalue weighted by Crippen LogP contribution is 2.20. The summed E-state index contributed by atoms with van der Waals surface area (Å²) >= 11 is 0. The zero-order valence-corrected chi connectivity index (χ0v) is 11.7. The fraction of sp³-hybridized carbons (Fsp3) is 0.714. The minimum atomic E-state index is 0.274. The first-order valence-electron chi connectivity index (χ1n) is 6.73. The van der Waals surface area contributed by atoms with Crippen LogP contribution in [0.1, 0.15) is 38.8 Å². The summed E-state index contributed by atoms with van der Waals surface area (Å²) in [5.74, 6) is 1.43. The Labute approximate surface area is 110 Å². The van der Waals surface area contributed by atoms with E-state index in [1.165, 1.54) is 0 Å². The van der Waals surface area contributed by atoms with Crippen molar-refractivity contribution >= 4 is 5.78 Å². The number of aromatic nitrogens is 2. The van der Waals surface area contributed by atoms with E-state index in [1.807, 2.05) is 19.3 Å². The number of hydrogen-bond donors (Lipinski definition) is 1. The summed E-state index contributed by atoms with van der Waals surface area (Å²) in [7, 11) is 1.87. The molecule has 0 amide bonds. The van der Waals surface area contributed by atoms with Gasteiger partial charge in [0.15, 0.2) is 0 Å². The number of nitrogens with two attached hydrogens (primary N) is 1. The fourth-order valence-electron chi connectivity index (χ4n) is 2.22. The third-order valence-electron chi connectivity index (χ3n) is 3.42. The lowest BCUT2D eigenvalue weighted by molar-refractivity contribution is -0.118. The van der Waals surface area contributed by atoms with Gasteiger partial charge in [-0.1, -0.05) is 13.8 Å². The Morgan fingerprint density at radius 1 is 1.44 bits per heavy atom. The predicted octanol–water partition coefficient (Wildman–Crippen LogP) is 1.93. The number of hydrogen-bond acceptors (Lipinski definition) is 3. The first-order chi connectivity index (χ1) is 8.52. The second-order valence-corrected chi connectivity index (χ2v) is 5.32. The molecular weight excluding hydrogens is 226 g/mol. The first kappa shape index (κ1) is 14.9. The van der Waals surface area contributed by atoms with Gasteiger partial charge in [0.1, 0.15) is 5.78 Å². The monoisotopic (exact) mass is 251 g/mol. The van der Waals surface area contributed by atoms with Crippen molar-refractivity contribution in [1.29, 1.82) is 0 Å². The topological polar surface area (TPSA) is 60.9 Å². The van der Waals surface area contributed by atoms with Gasteiger partial charge >= 0.3 is 0 Å². The molecule has 0 aromatic carbocycles. The number of nitrogens with zero attached hydrogens (tertiary/aromatic N) is 2. The SMILES string of the molecule is CC(C)C(CCN)CCC(=O)Cc1ccn(C)n1. The van der Waals surface area contributed by atoms with Crippen LogP contribution in [0, 0.1) is 11.8 Å². The van der Waals surface area contributed by atoms with Crippen LogP contribution in [-0.4, -0.2) is 22.1 Å². The second-order valence-electron chi connectivity index (χ2n) is 5.32. The van der Waals surface area contributed by atoms with Gasteiger partial charge in [-0.05, 0) is 37.3 Å². The Hall–Kier alpha value is -1.16. The quantitative estimate of drug-likeness (QED) is 0.768. The molecule has 1 unspecified atom stereocenters. The fourth-order valence-corrected chi connectivity index (χ4v) is 2.22. The highest BCUT2D eigenvalue weighted by molar-refractivity contribution is 5.80. The van der Waals surface area contributed by atoms with Gasteiger partial charge in [0.2, 0.25) is 0 Å². The highest BCUT2D eigenvalue weighted by Gasteiger charge is 2.15.